The molecule has 1 heterocycles. The molecule has 3 rings (SSSR count). The maximum atomic E-state index is 12.4. The van der Waals surface area contributed by atoms with Crippen molar-refractivity contribution in [2.45, 2.75) is 44.2 Å². The SMILES string of the molecule is COc1ccc(CC(=O)NC2CCC(Oc3ccc(Cl)cn3)CC2)cc1OC. The first-order chi connectivity index (χ1) is 13.6. The molecule has 0 atom stereocenters. The number of carbonyl (C=O) groups excluding carboxylic acids is 1. The number of hydrogen-bond acceptors (Lipinski definition) is 5. The van der Waals surface area contributed by atoms with Crippen molar-refractivity contribution >= 4 is 17.5 Å². The van der Waals surface area contributed by atoms with Crippen LogP contribution in [-0.2, 0) is 11.2 Å². The Morgan fingerprint density at radius 1 is 1.11 bits per heavy atom. The van der Waals surface area contributed by atoms with E-state index in [2.05, 4.69) is 10.3 Å². The number of rotatable bonds is 7. The van der Waals surface area contributed by atoms with Crippen LogP contribution in [0, 0.1) is 0 Å². The molecule has 1 aromatic carbocycles. The predicted molar refractivity (Wildman–Crippen MR) is 107 cm³/mol. The highest BCUT2D eigenvalue weighted by Gasteiger charge is 2.24. The van der Waals surface area contributed by atoms with Crippen molar-refractivity contribution in [3.8, 4) is 17.4 Å². The molecular formula is C21H25ClN2O4. The summed E-state index contributed by atoms with van der Waals surface area (Å²) in [6.45, 7) is 0. The van der Waals surface area contributed by atoms with Crippen molar-refractivity contribution in [1.82, 2.24) is 10.3 Å². The van der Waals surface area contributed by atoms with E-state index in [1.165, 1.54) is 0 Å². The van der Waals surface area contributed by atoms with Gasteiger partial charge in [0.25, 0.3) is 0 Å². The summed E-state index contributed by atoms with van der Waals surface area (Å²) in [5.41, 5.74) is 0.890. The van der Waals surface area contributed by atoms with Crippen LogP contribution >= 0.6 is 11.6 Å². The van der Waals surface area contributed by atoms with Gasteiger partial charge in [-0.25, -0.2) is 4.98 Å². The Morgan fingerprint density at radius 2 is 1.86 bits per heavy atom. The van der Waals surface area contributed by atoms with E-state index in [0.29, 0.717) is 28.8 Å². The molecule has 0 saturated heterocycles. The number of benzene rings is 1. The molecule has 1 saturated carbocycles. The molecule has 0 spiro atoms. The molecule has 0 radical (unpaired) electrons. The minimum Gasteiger partial charge on any atom is -0.493 e. The van der Waals surface area contributed by atoms with Gasteiger partial charge in [-0.3, -0.25) is 4.79 Å². The Balaban J connectivity index is 1.45. The maximum absolute atomic E-state index is 12.4. The first kappa shape index (κ1) is 20.3. The monoisotopic (exact) mass is 404 g/mol. The van der Waals surface area contributed by atoms with Gasteiger partial charge in [-0.2, -0.15) is 0 Å². The number of aromatic nitrogens is 1. The first-order valence-corrected chi connectivity index (χ1v) is 9.73. The van der Waals surface area contributed by atoms with Gasteiger partial charge >= 0.3 is 0 Å². The normalized spacial score (nSPS) is 19.0. The van der Waals surface area contributed by atoms with E-state index in [-0.39, 0.29) is 18.1 Å². The van der Waals surface area contributed by atoms with Crippen LogP contribution in [0.3, 0.4) is 0 Å². The van der Waals surface area contributed by atoms with E-state index in [4.69, 9.17) is 25.8 Å². The molecule has 1 aromatic heterocycles. The fraction of sp³-hybridized carbons (Fsp3) is 0.429. The Labute approximate surface area is 170 Å². The van der Waals surface area contributed by atoms with Gasteiger partial charge in [-0.1, -0.05) is 17.7 Å². The van der Waals surface area contributed by atoms with Crippen LogP contribution in [0.2, 0.25) is 5.02 Å². The van der Waals surface area contributed by atoms with E-state index in [1.807, 2.05) is 18.2 Å². The maximum Gasteiger partial charge on any atom is 0.224 e. The molecular weight excluding hydrogens is 380 g/mol. The summed E-state index contributed by atoms with van der Waals surface area (Å²) in [6, 6.07) is 9.25. The number of ether oxygens (including phenoxy) is 3. The number of methoxy groups -OCH3 is 2. The van der Waals surface area contributed by atoms with Crippen LogP contribution in [0.1, 0.15) is 31.2 Å². The highest BCUT2D eigenvalue weighted by Crippen LogP contribution is 2.28. The van der Waals surface area contributed by atoms with Gasteiger partial charge in [0.2, 0.25) is 11.8 Å². The topological polar surface area (TPSA) is 69.7 Å². The summed E-state index contributed by atoms with van der Waals surface area (Å²) in [6.07, 6.45) is 5.54. The highest BCUT2D eigenvalue weighted by molar-refractivity contribution is 6.30. The molecule has 150 valence electrons. The number of pyridine rings is 1. The number of carbonyl (C=O) groups is 1. The summed E-state index contributed by atoms with van der Waals surface area (Å²) in [5.74, 6) is 1.88. The molecule has 6 nitrogen and oxygen atoms in total. The second kappa shape index (κ2) is 9.64. The van der Waals surface area contributed by atoms with Crippen LogP contribution in [0.5, 0.6) is 17.4 Å². The lowest BCUT2D eigenvalue weighted by molar-refractivity contribution is -0.121. The van der Waals surface area contributed by atoms with Gasteiger partial charge in [0.1, 0.15) is 6.10 Å². The average Bonchev–Trinajstić information content (AvgIpc) is 2.71. The first-order valence-electron chi connectivity index (χ1n) is 9.36. The summed E-state index contributed by atoms with van der Waals surface area (Å²) in [7, 11) is 3.18. The second-order valence-electron chi connectivity index (χ2n) is 6.84. The van der Waals surface area contributed by atoms with Crippen molar-refractivity contribution < 1.29 is 19.0 Å². The third-order valence-electron chi connectivity index (χ3n) is 4.84. The lowest BCUT2D eigenvalue weighted by atomic mass is 9.92. The molecule has 0 bridgehead atoms. The zero-order valence-electron chi connectivity index (χ0n) is 16.1. The summed E-state index contributed by atoms with van der Waals surface area (Å²) in [4.78, 5) is 16.6. The number of nitrogens with one attached hydrogen (secondary N) is 1. The molecule has 0 aliphatic heterocycles. The summed E-state index contributed by atoms with van der Waals surface area (Å²) in [5, 5.41) is 3.72. The zero-order chi connectivity index (χ0) is 19.9. The van der Waals surface area contributed by atoms with Gasteiger partial charge in [-0.15, -0.1) is 0 Å². The smallest absolute Gasteiger partial charge is 0.224 e. The molecule has 1 fully saturated rings. The van der Waals surface area contributed by atoms with Crippen LogP contribution in [-0.4, -0.2) is 37.3 Å². The van der Waals surface area contributed by atoms with E-state index in [0.717, 1.165) is 31.2 Å². The van der Waals surface area contributed by atoms with Crippen molar-refractivity contribution in [3.63, 3.8) is 0 Å². The Hall–Kier alpha value is -2.47. The number of halogens is 1. The van der Waals surface area contributed by atoms with E-state index in [1.54, 1.807) is 32.5 Å². The third-order valence-corrected chi connectivity index (χ3v) is 5.06. The van der Waals surface area contributed by atoms with Gasteiger partial charge in [0.05, 0.1) is 25.7 Å². The molecule has 2 aromatic rings. The third kappa shape index (κ3) is 5.52. The average molecular weight is 405 g/mol. The predicted octanol–water partition coefficient (Wildman–Crippen LogP) is 3.80. The van der Waals surface area contributed by atoms with Crippen LogP contribution < -0.4 is 19.5 Å². The summed E-state index contributed by atoms with van der Waals surface area (Å²) < 4.78 is 16.4. The quantitative estimate of drug-likeness (QED) is 0.760. The molecule has 28 heavy (non-hydrogen) atoms. The van der Waals surface area contributed by atoms with Crippen molar-refractivity contribution in [2.75, 3.05) is 14.2 Å². The number of nitrogens with zero attached hydrogens (tertiary/aromatic N) is 1. The minimum atomic E-state index is 0.0101. The van der Waals surface area contributed by atoms with Gasteiger partial charge in [0.15, 0.2) is 11.5 Å². The van der Waals surface area contributed by atoms with Crippen molar-refractivity contribution in [2.24, 2.45) is 0 Å². The van der Waals surface area contributed by atoms with Crippen LogP contribution in [0.25, 0.3) is 0 Å². The lowest BCUT2D eigenvalue weighted by Gasteiger charge is -2.29. The van der Waals surface area contributed by atoms with E-state index >= 15 is 0 Å². The highest BCUT2D eigenvalue weighted by atomic mass is 35.5. The largest absolute Gasteiger partial charge is 0.493 e. The van der Waals surface area contributed by atoms with Crippen molar-refractivity contribution in [3.05, 3.63) is 47.1 Å². The molecule has 1 amide bonds. The minimum absolute atomic E-state index is 0.0101. The summed E-state index contributed by atoms with van der Waals surface area (Å²) >= 11 is 5.84. The van der Waals surface area contributed by atoms with E-state index < -0.39 is 0 Å². The molecule has 7 heteroatoms. The van der Waals surface area contributed by atoms with Gasteiger partial charge in [0, 0.05) is 18.3 Å². The lowest BCUT2D eigenvalue weighted by Crippen LogP contribution is -2.40. The molecule has 0 unspecified atom stereocenters. The second-order valence-corrected chi connectivity index (χ2v) is 7.28. The number of amides is 1. The van der Waals surface area contributed by atoms with Crippen molar-refractivity contribution in [1.29, 1.82) is 0 Å². The fourth-order valence-corrected chi connectivity index (χ4v) is 3.49. The van der Waals surface area contributed by atoms with E-state index in [9.17, 15) is 4.79 Å². The molecule has 1 N–H and O–H groups in total. The Bertz CT molecular complexity index is 789. The van der Waals surface area contributed by atoms with Gasteiger partial charge < -0.3 is 19.5 Å². The zero-order valence-corrected chi connectivity index (χ0v) is 16.9. The van der Waals surface area contributed by atoms with Gasteiger partial charge in [-0.05, 0) is 49.4 Å². The fourth-order valence-electron chi connectivity index (χ4n) is 3.38. The van der Waals surface area contributed by atoms with Crippen LogP contribution in [0.15, 0.2) is 36.5 Å². The Morgan fingerprint density at radius 3 is 2.50 bits per heavy atom. The standard InChI is InChI=1S/C21H25ClN2O4/c1-26-18-9-3-14(11-19(18)27-2)12-20(25)24-16-5-7-17(8-6-16)28-21-10-4-15(22)13-23-21/h3-4,9-11,13,16-17H,5-8,12H2,1-2H3,(H,24,25). The van der Waals surface area contributed by atoms with Crippen LogP contribution in [0.4, 0.5) is 0 Å². The molecule has 1 aliphatic rings. The number of hydrogen-bond donors (Lipinski definition) is 1. The molecule has 1 aliphatic carbocycles. The Kier molecular flexibility index (Phi) is 6.98.